The molecule has 0 amide bonds. The van der Waals surface area contributed by atoms with Crippen LogP contribution in [0.3, 0.4) is 0 Å². The Morgan fingerprint density at radius 3 is 1.58 bits per heavy atom. The summed E-state index contributed by atoms with van der Waals surface area (Å²) in [6.07, 6.45) is 6.33. The molecule has 9 nitrogen and oxygen atoms in total. The van der Waals surface area contributed by atoms with Crippen LogP contribution in [0.4, 0.5) is 0 Å². The number of nitrogens with zero attached hydrogens (tertiary/aromatic N) is 6. The highest BCUT2D eigenvalue weighted by Crippen LogP contribution is 2.38. The van der Waals surface area contributed by atoms with Gasteiger partial charge >= 0.3 is 0 Å². The molecule has 0 atom stereocenters. The van der Waals surface area contributed by atoms with Crippen LogP contribution in [0.2, 0.25) is 15.1 Å². The Morgan fingerprint density at radius 1 is 0.558 bits per heavy atom. The van der Waals surface area contributed by atoms with Crippen LogP contribution in [0.1, 0.15) is 14.9 Å². The molecule has 0 spiro atoms. The number of halogens is 3. The highest BCUT2D eigenvalue weighted by molar-refractivity contribution is 7.25. The fraction of sp³-hybridized carbons (Fsp3) is 0.0526. The van der Waals surface area contributed by atoms with Gasteiger partial charge in [-0.15, -0.1) is 22.7 Å². The summed E-state index contributed by atoms with van der Waals surface area (Å²) in [6.45, 7) is 0. The normalized spacial score (nSPS) is 10.8. The van der Waals surface area contributed by atoms with Crippen LogP contribution in [-0.2, 0) is 0 Å². The summed E-state index contributed by atoms with van der Waals surface area (Å²) in [5.41, 5.74) is 2.30. The molecule has 0 fully saturated rings. The second-order valence-electron chi connectivity index (χ2n) is 10.7. The van der Waals surface area contributed by atoms with Gasteiger partial charge in [0.1, 0.15) is 48.7 Å². The third-order valence-electron chi connectivity index (χ3n) is 7.66. The number of hydrogen-bond acceptors (Lipinski definition) is 9. The molecule has 14 heteroatoms. The number of para-hydroxylation sites is 1. The first-order valence-electron chi connectivity index (χ1n) is 14.8. The van der Waals surface area contributed by atoms with Crippen molar-refractivity contribution in [1.29, 1.82) is 0 Å². The Morgan fingerprint density at radius 2 is 1.04 bits per heavy atom. The lowest BCUT2D eigenvalue weighted by molar-refractivity contribution is 0.488. The van der Waals surface area contributed by atoms with Gasteiger partial charge in [0, 0.05) is 22.4 Å². The van der Waals surface area contributed by atoms with E-state index in [2.05, 4.69) is 19.9 Å². The standard InChI is InChI=1S/C21H12ClN3O2S.C15H7Cl2N3OS.2CH4/c22-13-6-8-14(9-7-13)25-12-24-18-17-16(27-15-4-2-1-3-5-15)10-11-23-20(17)28-19(18)21(25)26;16-8-1-3-9(4-2-8)20-7-19-12-11-10(17)5-6-18-14(11)22-13(12)15(20)21;;/h1-12H;1-7H;2*1H4. The summed E-state index contributed by atoms with van der Waals surface area (Å²) in [6, 6.07) is 27.0. The van der Waals surface area contributed by atoms with Crippen LogP contribution < -0.4 is 15.9 Å². The first-order chi connectivity index (χ1) is 24.4. The fourth-order valence-corrected chi connectivity index (χ4v) is 7.95. The summed E-state index contributed by atoms with van der Waals surface area (Å²) in [7, 11) is 0. The van der Waals surface area contributed by atoms with Gasteiger partial charge in [0.2, 0.25) is 0 Å². The van der Waals surface area contributed by atoms with Crippen LogP contribution >= 0.6 is 57.5 Å². The van der Waals surface area contributed by atoms with Crippen molar-refractivity contribution >= 4 is 98.3 Å². The molecule has 0 saturated heterocycles. The smallest absolute Gasteiger partial charge is 0.275 e. The lowest BCUT2D eigenvalue weighted by Gasteiger charge is -2.07. The van der Waals surface area contributed by atoms with Crippen molar-refractivity contribution in [2.24, 2.45) is 0 Å². The minimum Gasteiger partial charge on any atom is -0.456 e. The molecule has 0 unspecified atom stereocenters. The van der Waals surface area contributed by atoms with Gasteiger partial charge in [0.05, 0.1) is 32.7 Å². The van der Waals surface area contributed by atoms with Crippen molar-refractivity contribution in [3.05, 3.63) is 152 Å². The van der Waals surface area contributed by atoms with Gasteiger partial charge in [0.25, 0.3) is 11.1 Å². The van der Waals surface area contributed by atoms with E-state index in [1.54, 1.807) is 73.1 Å². The third-order valence-corrected chi connectivity index (χ3v) is 10.6. The van der Waals surface area contributed by atoms with Crippen molar-refractivity contribution in [2.75, 3.05) is 0 Å². The summed E-state index contributed by atoms with van der Waals surface area (Å²) >= 11 is 20.6. The van der Waals surface area contributed by atoms with Gasteiger partial charge in [-0.1, -0.05) is 67.9 Å². The van der Waals surface area contributed by atoms with E-state index in [-0.39, 0.29) is 26.0 Å². The number of pyridine rings is 2. The maximum atomic E-state index is 13.1. The number of hydrogen-bond donors (Lipinski definition) is 0. The third kappa shape index (κ3) is 6.76. The van der Waals surface area contributed by atoms with Crippen molar-refractivity contribution in [1.82, 2.24) is 29.1 Å². The second kappa shape index (κ2) is 15.2. The van der Waals surface area contributed by atoms with E-state index >= 15 is 0 Å². The Bertz CT molecular complexity index is 2820. The van der Waals surface area contributed by atoms with Gasteiger partial charge in [0.15, 0.2) is 0 Å². The van der Waals surface area contributed by atoms with Gasteiger partial charge in [-0.3, -0.25) is 18.7 Å². The van der Waals surface area contributed by atoms with Gasteiger partial charge in [-0.2, -0.15) is 0 Å². The Balaban J connectivity index is 0.000000176. The number of benzene rings is 3. The molecule has 9 rings (SSSR count). The number of ether oxygens (including phenoxy) is 1. The van der Waals surface area contributed by atoms with Crippen LogP contribution in [0.25, 0.3) is 52.2 Å². The largest absolute Gasteiger partial charge is 0.456 e. The molecule has 0 N–H and O–H groups in total. The summed E-state index contributed by atoms with van der Waals surface area (Å²) in [5, 5.41) is 3.24. The zero-order valence-corrected chi connectivity index (χ0v) is 29.2. The SMILES string of the molecule is C.C.O=c1c2sc3nccc(Cl)c3c2ncn1-c1ccc(Cl)cc1.O=c1c2sc3nccc(Oc4ccccc4)c3c2ncn1-c1ccc(Cl)cc1. The van der Waals surface area contributed by atoms with Gasteiger partial charge < -0.3 is 4.74 Å². The van der Waals surface area contributed by atoms with E-state index in [1.807, 2.05) is 30.3 Å². The summed E-state index contributed by atoms with van der Waals surface area (Å²) in [5.74, 6) is 1.34. The maximum absolute atomic E-state index is 13.1. The average molecular weight is 786 g/mol. The van der Waals surface area contributed by atoms with Crippen molar-refractivity contribution in [2.45, 2.75) is 14.9 Å². The van der Waals surface area contributed by atoms with Gasteiger partial charge in [-0.05, 0) is 72.8 Å². The van der Waals surface area contributed by atoms with E-state index in [4.69, 9.17) is 39.5 Å². The topological polar surface area (TPSA) is 105 Å². The molecule has 0 aliphatic rings. The zero-order chi connectivity index (χ0) is 34.4. The molecule has 9 aromatic rings. The molecule has 0 radical (unpaired) electrons. The van der Waals surface area contributed by atoms with E-state index in [1.165, 1.54) is 44.5 Å². The molecule has 52 heavy (non-hydrogen) atoms. The van der Waals surface area contributed by atoms with Crippen molar-refractivity contribution < 1.29 is 4.74 Å². The maximum Gasteiger partial charge on any atom is 0.275 e. The second-order valence-corrected chi connectivity index (χ2v) is 14.0. The molecule has 6 aromatic heterocycles. The monoisotopic (exact) mass is 784 g/mol. The van der Waals surface area contributed by atoms with E-state index in [0.717, 1.165) is 10.8 Å². The molecule has 0 saturated carbocycles. The fourth-order valence-electron chi connectivity index (χ4n) is 5.31. The molecule has 0 aliphatic heterocycles. The molecular weight excluding hydrogens is 759 g/mol. The first kappa shape index (κ1) is 36.6. The number of aromatic nitrogens is 6. The van der Waals surface area contributed by atoms with Crippen LogP contribution in [0.15, 0.2) is 126 Å². The summed E-state index contributed by atoms with van der Waals surface area (Å²) in [4.78, 5) is 44.9. The minimum atomic E-state index is -0.152. The van der Waals surface area contributed by atoms with Crippen molar-refractivity contribution in [3.8, 4) is 22.9 Å². The Hall–Kier alpha value is -5.17. The van der Waals surface area contributed by atoms with Crippen LogP contribution in [0.5, 0.6) is 11.5 Å². The number of fused-ring (bicyclic) bond motifs is 6. The average Bonchev–Trinajstić information content (AvgIpc) is 3.72. The lowest BCUT2D eigenvalue weighted by Crippen LogP contribution is -2.17. The van der Waals surface area contributed by atoms with E-state index in [9.17, 15) is 9.59 Å². The molecular formula is C38H27Cl3N6O3S2. The van der Waals surface area contributed by atoms with E-state index < -0.39 is 0 Å². The van der Waals surface area contributed by atoms with Crippen LogP contribution in [-0.4, -0.2) is 29.1 Å². The molecule has 260 valence electrons. The highest BCUT2D eigenvalue weighted by atomic mass is 35.5. The molecule has 6 heterocycles. The Labute approximate surface area is 319 Å². The minimum absolute atomic E-state index is 0. The van der Waals surface area contributed by atoms with Gasteiger partial charge in [-0.25, -0.2) is 19.9 Å². The first-order valence-corrected chi connectivity index (χ1v) is 17.6. The number of thiophene rings is 2. The molecule has 0 bridgehead atoms. The quantitative estimate of drug-likeness (QED) is 0.175. The predicted molar refractivity (Wildman–Crippen MR) is 216 cm³/mol. The lowest BCUT2D eigenvalue weighted by atomic mass is 10.2. The predicted octanol–water partition coefficient (Wildman–Crippen LogP) is 11.0. The highest BCUT2D eigenvalue weighted by Gasteiger charge is 2.18. The van der Waals surface area contributed by atoms with Crippen molar-refractivity contribution in [3.63, 3.8) is 0 Å². The molecule has 0 aliphatic carbocycles. The van der Waals surface area contributed by atoms with Crippen LogP contribution in [0, 0.1) is 0 Å². The Kier molecular flexibility index (Phi) is 10.7. The van der Waals surface area contributed by atoms with E-state index in [0.29, 0.717) is 68.0 Å². The molecule has 3 aromatic carbocycles. The zero-order valence-electron chi connectivity index (χ0n) is 25.3. The number of rotatable bonds is 4. The summed E-state index contributed by atoms with van der Waals surface area (Å²) < 4.78 is 10.1.